The van der Waals surface area contributed by atoms with Crippen molar-refractivity contribution in [3.63, 3.8) is 0 Å². The van der Waals surface area contributed by atoms with Gasteiger partial charge in [-0.25, -0.2) is 0 Å². The van der Waals surface area contributed by atoms with Crippen LogP contribution in [-0.4, -0.2) is 10.2 Å². The monoisotopic (exact) mass is 329 g/mol. The van der Waals surface area contributed by atoms with Crippen LogP contribution < -0.4 is 4.87 Å². The zero-order chi connectivity index (χ0) is 14.8. The Kier molecular flexibility index (Phi) is 2.90. The molecule has 2 saturated carbocycles. The lowest BCUT2D eigenvalue weighted by Crippen LogP contribution is -2.33. The largest absolute Gasteiger partial charge is 0.307 e. The number of H-pyrrole nitrogens is 1. The molecule has 0 spiro atoms. The van der Waals surface area contributed by atoms with E-state index in [0.717, 1.165) is 22.8 Å². The molecule has 2 bridgehead atoms. The van der Waals surface area contributed by atoms with Crippen LogP contribution >= 0.6 is 23.1 Å². The van der Waals surface area contributed by atoms with E-state index in [4.69, 9.17) is 0 Å². The molecule has 2 heterocycles. The molecular formula is C18H19NOS2. The molecule has 3 aliphatic rings. The molecule has 5 atom stereocenters. The van der Waals surface area contributed by atoms with Crippen molar-refractivity contribution in [1.82, 2.24) is 4.98 Å². The predicted molar refractivity (Wildman–Crippen MR) is 91.9 cm³/mol. The minimum atomic E-state index is 0.113. The molecule has 2 aromatic rings. The molecule has 0 unspecified atom stereocenters. The van der Waals surface area contributed by atoms with Gasteiger partial charge in [0, 0.05) is 16.0 Å². The van der Waals surface area contributed by atoms with Gasteiger partial charge < -0.3 is 4.98 Å². The number of aryl methyl sites for hydroxylation is 1. The highest BCUT2D eigenvalue weighted by molar-refractivity contribution is 8.00. The molecule has 0 radical (unpaired) electrons. The first kappa shape index (κ1) is 13.4. The van der Waals surface area contributed by atoms with Gasteiger partial charge in [-0.05, 0) is 49.5 Å². The average Bonchev–Trinajstić information content (AvgIpc) is 3.19. The number of aromatic nitrogens is 1. The summed E-state index contributed by atoms with van der Waals surface area (Å²) in [5, 5.41) is 1.87. The maximum atomic E-state index is 11.9. The quantitative estimate of drug-likeness (QED) is 0.841. The molecule has 2 nitrogen and oxygen atoms in total. The molecule has 1 N–H and O–H groups in total. The number of benzene rings is 1. The SMILES string of the molecule is Cc1ccc([C@H]2c3sc(=O)[nH]c3S[C@H]3[C@@H]4CC[C@H](C4)[C@H]23)cc1. The van der Waals surface area contributed by atoms with Gasteiger partial charge in [0.2, 0.25) is 0 Å². The predicted octanol–water partition coefficient (Wildman–Crippen LogP) is 4.40. The van der Waals surface area contributed by atoms with Crippen molar-refractivity contribution in [2.45, 2.75) is 42.4 Å². The molecule has 4 heteroatoms. The van der Waals surface area contributed by atoms with Crippen LogP contribution in [0.4, 0.5) is 0 Å². The molecule has 1 aliphatic heterocycles. The zero-order valence-electron chi connectivity index (χ0n) is 12.5. The van der Waals surface area contributed by atoms with E-state index in [-0.39, 0.29) is 4.87 Å². The Bertz CT molecular complexity index is 775. The molecular weight excluding hydrogens is 310 g/mol. The summed E-state index contributed by atoms with van der Waals surface area (Å²) >= 11 is 3.41. The second-order valence-corrected chi connectivity index (χ2v) is 9.29. The topological polar surface area (TPSA) is 32.9 Å². The van der Waals surface area contributed by atoms with Gasteiger partial charge in [0.1, 0.15) is 0 Å². The molecule has 2 aliphatic carbocycles. The minimum Gasteiger partial charge on any atom is -0.307 e. The van der Waals surface area contributed by atoms with E-state index in [1.165, 1.54) is 46.6 Å². The van der Waals surface area contributed by atoms with Gasteiger partial charge in [0.25, 0.3) is 0 Å². The summed E-state index contributed by atoms with van der Waals surface area (Å²) in [6.07, 6.45) is 4.19. The fourth-order valence-electron chi connectivity index (χ4n) is 5.00. The second kappa shape index (κ2) is 4.75. The summed E-state index contributed by atoms with van der Waals surface area (Å²) in [6, 6.07) is 9.00. The minimum absolute atomic E-state index is 0.113. The van der Waals surface area contributed by atoms with Crippen molar-refractivity contribution in [3.05, 3.63) is 49.9 Å². The lowest BCUT2D eigenvalue weighted by molar-refractivity contribution is 0.307. The van der Waals surface area contributed by atoms with Crippen molar-refractivity contribution in [2.24, 2.45) is 17.8 Å². The van der Waals surface area contributed by atoms with Crippen LogP contribution in [-0.2, 0) is 0 Å². The number of aromatic amines is 1. The van der Waals surface area contributed by atoms with Gasteiger partial charge in [-0.15, -0.1) is 11.8 Å². The first-order chi connectivity index (χ1) is 10.7. The van der Waals surface area contributed by atoms with Crippen LogP contribution in [0.15, 0.2) is 34.1 Å². The van der Waals surface area contributed by atoms with E-state index in [9.17, 15) is 4.79 Å². The summed E-state index contributed by atoms with van der Waals surface area (Å²) in [5.74, 6) is 2.88. The molecule has 22 heavy (non-hydrogen) atoms. The van der Waals surface area contributed by atoms with Crippen LogP contribution in [0.5, 0.6) is 0 Å². The number of rotatable bonds is 1. The van der Waals surface area contributed by atoms with Gasteiger partial charge in [-0.3, -0.25) is 4.79 Å². The van der Waals surface area contributed by atoms with Crippen LogP contribution in [0.2, 0.25) is 0 Å². The molecule has 1 aromatic heterocycles. The number of thioether (sulfide) groups is 1. The molecule has 0 saturated heterocycles. The van der Waals surface area contributed by atoms with Crippen molar-refractivity contribution < 1.29 is 0 Å². The summed E-state index contributed by atoms with van der Waals surface area (Å²) in [6.45, 7) is 2.14. The summed E-state index contributed by atoms with van der Waals surface area (Å²) in [5.41, 5.74) is 2.71. The highest BCUT2D eigenvalue weighted by atomic mass is 32.2. The third-order valence-electron chi connectivity index (χ3n) is 5.90. The molecule has 5 rings (SSSR count). The maximum absolute atomic E-state index is 11.9. The first-order valence-electron chi connectivity index (χ1n) is 8.17. The number of fused-ring (bicyclic) bond motifs is 6. The van der Waals surface area contributed by atoms with E-state index in [1.54, 1.807) is 0 Å². The first-order valence-corrected chi connectivity index (χ1v) is 9.86. The number of thiazole rings is 1. The normalized spacial score (nSPS) is 35.4. The zero-order valence-corrected chi connectivity index (χ0v) is 14.2. The van der Waals surface area contributed by atoms with Gasteiger partial charge in [0.15, 0.2) is 0 Å². The van der Waals surface area contributed by atoms with Gasteiger partial charge in [-0.2, -0.15) is 0 Å². The second-order valence-electron chi connectivity index (χ2n) is 7.09. The van der Waals surface area contributed by atoms with Crippen molar-refractivity contribution in [1.29, 1.82) is 0 Å². The van der Waals surface area contributed by atoms with Crippen LogP contribution in [0.1, 0.15) is 41.2 Å². The number of nitrogens with one attached hydrogen (secondary N) is 1. The number of hydrogen-bond donors (Lipinski definition) is 1. The van der Waals surface area contributed by atoms with E-state index < -0.39 is 0 Å². The van der Waals surface area contributed by atoms with Crippen LogP contribution in [0.25, 0.3) is 0 Å². The molecule has 2 fully saturated rings. The van der Waals surface area contributed by atoms with Crippen molar-refractivity contribution >= 4 is 23.1 Å². The smallest absolute Gasteiger partial charge is 0.305 e. The van der Waals surface area contributed by atoms with Gasteiger partial charge in [-0.1, -0.05) is 41.2 Å². The fraction of sp³-hybridized carbons (Fsp3) is 0.500. The third kappa shape index (κ3) is 1.83. The van der Waals surface area contributed by atoms with E-state index >= 15 is 0 Å². The Morgan fingerprint density at radius 3 is 2.73 bits per heavy atom. The summed E-state index contributed by atoms with van der Waals surface area (Å²) in [7, 11) is 0. The summed E-state index contributed by atoms with van der Waals surface area (Å²) < 4.78 is 0. The van der Waals surface area contributed by atoms with Gasteiger partial charge >= 0.3 is 4.87 Å². The van der Waals surface area contributed by atoms with E-state index in [0.29, 0.717) is 11.2 Å². The lowest BCUT2D eigenvalue weighted by atomic mass is 9.75. The third-order valence-corrected chi connectivity index (χ3v) is 8.53. The Morgan fingerprint density at radius 1 is 1.14 bits per heavy atom. The molecule has 114 valence electrons. The fourth-order valence-corrected chi connectivity index (χ4v) is 7.89. The molecule has 0 amide bonds. The van der Waals surface area contributed by atoms with Crippen molar-refractivity contribution in [3.8, 4) is 0 Å². The Hall–Kier alpha value is -1.000. The van der Waals surface area contributed by atoms with Crippen molar-refractivity contribution in [2.75, 3.05) is 0 Å². The van der Waals surface area contributed by atoms with E-state index in [2.05, 4.69) is 36.2 Å². The van der Waals surface area contributed by atoms with Gasteiger partial charge in [0.05, 0.1) is 5.03 Å². The number of hydrogen-bond acceptors (Lipinski definition) is 3. The highest BCUT2D eigenvalue weighted by Gasteiger charge is 2.54. The Balaban J connectivity index is 1.68. The van der Waals surface area contributed by atoms with E-state index in [1.807, 2.05) is 11.8 Å². The van der Waals surface area contributed by atoms with Crippen LogP contribution in [0.3, 0.4) is 0 Å². The van der Waals surface area contributed by atoms with Crippen LogP contribution in [0, 0.1) is 24.7 Å². The lowest BCUT2D eigenvalue weighted by Gasteiger charge is -2.40. The Labute approximate surface area is 138 Å². The maximum Gasteiger partial charge on any atom is 0.305 e. The molecule has 1 aromatic carbocycles. The Morgan fingerprint density at radius 2 is 1.91 bits per heavy atom. The standard InChI is InChI=1S/C18H19NOS2/c1-9-2-4-10(5-3-9)13-14-11-6-7-12(8-11)15(14)21-17-16(13)22-18(20)19-17/h2-5,11-15H,6-8H2,1H3,(H,19,20)/t11-,12-,13-,14-,15+/m1/s1. The summed E-state index contributed by atoms with van der Waals surface area (Å²) in [4.78, 5) is 16.5. The average molecular weight is 329 g/mol. The highest BCUT2D eigenvalue weighted by Crippen LogP contribution is 2.63.